The summed E-state index contributed by atoms with van der Waals surface area (Å²) < 4.78 is 0. The number of phenolic OH excluding ortho intramolecular Hbond substituents is 4. The molecule has 20 nitrogen and oxygen atoms in total. The summed E-state index contributed by atoms with van der Waals surface area (Å²) in [5, 5.41) is 88.4. The van der Waals surface area contributed by atoms with Gasteiger partial charge in [0.1, 0.15) is 11.5 Å². The number of hydrogen-bond acceptors (Lipinski definition) is 16. The Morgan fingerprint density at radius 3 is 0.983 bits per heavy atom. The first-order chi connectivity index (χ1) is 27.3. The van der Waals surface area contributed by atoms with Crippen LogP contribution in [0.25, 0.3) is 0 Å². The molecule has 0 aliphatic rings. The van der Waals surface area contributed by atoms with Gasteiger partial charge in [-0.05, 0) is 36.4 Å². The monoisotopic (exact) mass is 870 g/mol. The van der Waals surface area contributed by atoms with Crippen molar-refractivity contribution in [3.05, 3.63) is 143 Å². The van der Waals surface area contributed by atoms with E-state index in [2.05, 4.69) is 20.0 Å². The number of nitro benzene ring substituents is 4. The minimum Gasteiger partial charge on any atom is -0.506 e. The van der Waals surface area contributed by atoms with Crippen LogP contribution in [0, 0.1) is 40.5 Å². The first kappa shape index (κ1) is 41.9. The van der Waals surface area contributed by atoms with E-state index in [1.165, 1.54) is 30.3 Å². The summed E-state index contributed by atoms with van der Waals surface area (Å²) in [6.45, 7) is 0. The highest BCUT2D eigenvalue weighted by atomic mass is 35.5. The molecule has 0 radical (unpaired) electrons. The van der Waals surface area contributed by atoms with Crippen molar-refractivity contribution in [2.75, 3.05) is 0 Å². The van der Waals surface area contributed by atoms with Crippen LogP contribution in [0.1, 0.15) is 22.3 Å². The normalized spacial score (nSPS) is 11.7. The Morgan fingerprint density at radius 2 is 0.707 bits per heavy atom. The van der Waals surface area contributed by atoms with Crippen LogP contribution in [0.15, 0.2) is 80.6 Å². The zero-order valence-electron chi connectivity index (χ0n) is 28.2. The fourth-order valence-electron chi connectivity index (χ4n) is 4.83. The van der Waals surface area contributed by atoms with E-state index in [1.807, 2.05) is 0 Å². The Hall–Kier alpha value is -7.26. The molecule has 0 bridgehead atoms. The fraction of sp³-hybridized carbons (Fsp3) is 0. The van der Waals surface area contributed by atoms with E-state index in [-0.39, 0.29) is 54.0 Å². The summed E-state index contributed by atoms with van der Waals surface area (Å²) in [5.74, 6) is -2.87. The third kappa shape index (κ3) is 9.39. The SMILES string of the molecule is O=[N+]([O-])c1cc(C=Nc2cc(N=Cc3cc([N+](=O)[O-])cc([N+](=O)[O-])c3O)c(N=Cc3cc(Cl)cc(Cl)c3O)cc2N=Cc2cc(Cl)cc(Cl)c2O)c(O)c([N+](=O)[O-])c1. The highest BCUT2D eigenvalue weighted by Crippen LogP contribution is 2.43. The highest BCUT2D eigenvalue weighted by molar-refractivity contribution is 6.36. The van der Waals surface area contributed by atoms with E-state index in [0.29, 0.717) is 12.1 Å². The van der Waals surface area contributed by atoms with Crippen LogP contribution in [0.2, 0.25) is 20.1 Å². The molecule has 0 saturated carbocycles. The molecule has 0 amide bonds. The summed E-state index contributed by atoms with van der Waals surface area (Å²) in [6.07, 6.45) is 3.82. The molecule has 0 spiro atoms. The number of phenols is 4. The molecule has 0 unspecified atom stereocenters. The highest BCUT2D eigenvalue weighted by Gasteiger charge is 2.25. The summed E-state index contributed by atoms with van der Waals surface area (Å²) >= 11 is 24.3. The van der Waals surface area contributed by atoms with E-state index in [1.54, 1.807) is 0 Å². The number of rotatable bonds is 12. The van der Waals surface area contributed by atoms with Gasteiger partial charge in [-0.1, -0.05) is 46.4 Å². The molecule has 0 aliphatic heterocycles. The van der Waals surface area contributed by atoms with Crippen LogP contribution in [0.3, 0.4) is 0 Å². The van der Waals surface area contributed by atoms with Crippen LogP contribution < -0.4 is 0 Å². The summed E-state index contributed by atoms with van der Waals surface area (Å²) in [7, 11) is 0. The number of nitrogens with zero attached hydrogens (tertiary/aromatic N) is 8. The average Bonchev–Trinajstić information content (AvgIpc) is 3.15. The van der Waals surface area contributed by atoms with Gasteiger partial charge in [0.25, 0.3) is 11.4 Å². The van der Waals surface area contributed by atoms with Gasteiger partial charge in [0.15, 0.2) is 0 Å². The number of nitro groups is 4. The molecule has 58 heavy (non-hydrogen) atoms. The Balaban J connectivity index is 1.81. The Kier molecular flexibility index (Phi) is 12.5. The smallest absolute Gasteiger partial charge is 0.318 e. The van der Waals surface area contributed by atoms with Gasteiger partial charge < -0.3 is 20.4 Å². The summed E-state index contributed by atoms with van der Waals surface area (Å²) in [5.41, 5.74) is -5.36. The molecule has 0 saturated heterocycles. The molecule has 0 aliphatic carbocycles. The number of non-ortho nitro benzene ring substituents is 2. The lowest BCUT2D eigenvalue weighted by Gasteiger charge is -2.09. The summed E-state index contributed by atoms with van der Waals surface area (Å²) in [6, 6.07) is 10.1. The van der Waals surface area contributed by atoms with E-state index < -0.39 is 76.6 Å². The Morgan fingerprint density at radius 1 is 0.414 bits per heavy atom. The van der Waals surface area contributed by atoms with Gasteiger partial charge in [-0.25, -0.2) is 0 Å². The van der Waals surface area contributed by atoms with Crippen molar-refractivity contribution in [3.8, 4) is 23.0 Å². The largest absolute Gasteiger partial charge is 0.506 e. The van der Waals surface area contributed by atoms with Gasteiger partial charge >= 0.3 is 11.4 Å². The first-order valence-corrected chi connectivity index (χ1v) is 16.9. The lowest BCUT2D eigenvalue weighted by molar-refractivity contribution is -0.395. The second-order valence-corrected chi connectivity index (χ2v) is 13.0. The lowest BCUT2D eigenvalue weighted by Crippen LogP contribution is -1.96. The van der Waals surface area contributed by atoms with Crippen molar-refractivity contribution < 1.29 is 40.1 Å². The predicted molar refractivity (Wildman–Crippen MR) is 215 cm³/mol. The van der Waals surface area contributed by atoms with Crippen molar-refractivity contribution in [2.45, 2.75) is 0 Å². The zero-order chi connectivity index (χ0) is 42.6. The number of halogens is 4. The van der Waals surface area contributed by atoms with Gasteiger partial charge in [0.2, 0.25) is 11.5 Å². The van der Waals surface area contributed by atoms with Crippen molar-refractivity contribution in [1.29, 1.82) is 0 Å². The third-order valence-corrected chi connectivity index (χ3v) is 8.59. The molecule has 5 aromatic rings. The minimum absolute atomic E-state index is 0.00670. The maximum absolute atomic E-state index is 11.6. The van der Waals surface area contributed by atoms with Crippen LogP contribution in [-0.2, 0) is 0 Å². The quantitative estimate of drug-likeness (QED) is 0.0517. The second kappa shape index (κ2) is 17.3. The molecule has 0 fully saturated rings. The first-order valence-electron chi connectivity index (χ1n) is 15.4. The van der Waals surface area contributed by atoms with Crippen molar-refractivity contribution in [3.63, 3.8) is 0 Å². The van der Waals surface area contributed by atoms with Gasteiger partial charge in [-0.2, -0.15) is 0 Å². The standard InChI is InChI=1S/C34H18Cl4N8O12/c35-19-1-15(31(47)23(37)5-19)11-39-25-9-26(40-12-16-2-20(36)6-24(38)32(16)48)28(42-14-18-4-22(44(53)54)8-30(34(18)50)46(57)58)10-27(25)41-13-17-3-21(43(51)52)7-29(33(17)49)45(55)56/h1-14,47-50H. The number of benzene rings is 5. The second-order valence-electron chi connectivity index (χ2n) is 11.3. The van der Waals surface area contributed by atoms with E-state index >= 15 is 0 Å². The minimum atomic E-state index is -1.06. The van der Waals surface area contributed by atoms with Crippen molar-refractivity contribution in [1.82, 2.24) is 0 Å². The molecule has 24 heteroatoms. The maximum Gasteiger partial charge on any atom is 0.318 e. The molecular formula is C34H18Cl4N8O12. The molecule has 294 valence electrons. The molecule has 5 rings (SSSR count). The number of aromatic hydroxyl groups is 4. The lowest BCUT2D eigenvalue weighted by atomic mass is 10.1. The maximum atomic E-state index is 11.6. The topological polar surface area (TPSA) is 303 Å². The Bertz CT molecular complexity index is 2530. The average molecular weight is 872 g/mol. The third-order valence-electron chi connectivity index (χ3n) is 7.58. The number of hydrogen-bond donors (Lipinski definition) is 4. The van der Waals surface area contributed by atoms with Gasteiger partial charge in [0.05, 0.1) is 64.6 Å². The number of aliphatic imine (C=N–C) groups is 4. The molecule has 5 aromatic carbocycles. The van der Waals surface area contributed by atoms with E-state index in [0.717, 1.165) is 43.1 Å². The summed E-state index contributed by atoms with van der Waals surface area (Å²) in [4.78, 5) is 59.4. The van der Waals surface area contributed by atoms with E-state index in [4.69, 9.17) is 46.4 Å². The van der Waals surface area contributed by atoms with Crippen molar-refractivity contribution >= 4 is 117 Å². The molecule has 0 heterocycles. The fourth-order valence-corrected chi connectivity index (χ4v) is 5.85. The van der Waals surface area contributed by atoms with E-state index in [9.17, 15) is 60.9 Å². The van der Waals surface area contributed by atoms with Crippen LogP contribution in [0.5, 0.6) is 23.0 Å². The van der Waals surface area contributed by atoms with Gasteiger partial charge in [-0.15, -0.1) is 0 Å². The van der Waals surface area contributed by atoms with Crippen LogP contribution >= 0.6 is 46.4 Å². The Labute approximate surface area is 342 Å². The molecule has 0 aromatic heterocycles. The van der Waals surface area contributed by atoms with Gasteiger partial charge in [-0.3, -0.25) is 60.4 Å². The molecule has 4 N–H and O–H groups in total. The zero-order valence-corrected chi connectivity index (χ0v) is 31.3. The van der Waals surface area contributed by atoms with Crippen LogP contribution in [-0.4, -0.2) is 65.0 Å². The molecular weight excluding hydrogens is 854 g/mol. The van der Waals surface area contributed by atoms with Crippen molar-refractivity contribution in [2.24, 2.45) is 20.0 Å². The predicted octanol–water partition coefficient (Wildman–Crippen LogP) is 9.76. The molecule has 0 atom stereocenters. The van der Waals surface area contributed by atoms with Gasteiger partial charge in [0, 0.05) is 69.3 Å². The van der Waals surface area contributed by atoms with Crippen LogP contribution in [0.4, 0.5) is 45.5 Å².